The highest BCUT2D eigenvalue weighted by Crippen LogP contribution is 2.17. The smallest absolute Gasteiger partial charge is 0.109 e. The Morgan fingerprint density at radius 2 is 2.67 bits per heavy atom. The van der Waals surface area contributed by atoms with Crippen molar-refractivity contribution >= 4 is 0 Å². The van der Waals surface area contributed by atoms with E-state index in [1.54, 1.807) is 0 Å². The van der Waals surface area contributed by atoms with Gasteiger partial charge in [-0.2, -0.15) is 5.26 Å². The number of rotatable bonds is 1. The molecule has 0 saturated carbocycles. The summed E-state index contributed by atoms with van der Waals surface area (Å²) >= 11 is 0. The molecule has 0 saturated heterocycles. The zero-order valence-corrected chi connectivity index (χ0v) is 5.42. The predicted molar refractivity (Wildman–Crippen MR) is 33.4 cm³/mol. The van der Waals surface area contributed by atoms with Crippen molar-refractivity contribution in [3.05, 3.63) is 11.8 Å². The van der Waals surface area contributed by atoms with E-state index in [0.717, 1.165) is 18.8 Å². The second-order valence-corrected chi connectivity index (χ2v) is 2.09. The SMILES string of the molecule is CC(C#N)C1=CCCO1. The molecule has 1 unspecified atom stereocenters. The highest BCUT2D eigenvalue weighted by Gasteiger charge is 2.11. The van der Waals surface area contributed by atoms with Gasteiger partial charge in [-0.3, -0.25) is 0 Å². The van der Waals surface area contributed by atoms with Gasteiger partial charge in [0.2, 0.25) is 0 Å². The minimum Gasteiger partial charge on any atom is -0.497 e. The summed E-state index contributed by atoms with van der Waals surface area (Å²) in [6.45, 7) is 2.60. The monoisotopic (exact) mass is 123 g/mol. The molecule has 0 spiro atoms. The van der Waals surface area contributed by atoms with Crippen LogP contribution in [-0.2, 0) is 4.74 Å². The van der Waals surface area contributed by atoms with Crippen molar-refractivity contribution in [2.75, 3.05) is 6.61 Å². The minimum absolute atomic E-state index is 0.0625. The molecule has 0 aromatic heterocycles. The van der Waals surface area contributed by atoms with E-state index in [1.165, 1.54) is 0 Å². The second-order valence-electron chi connectivity index (χ2n) is 2.09. The van der Waals surface area contributed by atoms with Gasteiger partial charge in [0.25, 0.3) is 0 Å². The van der Waals surface area contributed by atoms with Gasteiger partial charge in [0.1, 0.15) is 11.7 Å². The van der Waals surface area contributed by atoms with Crippen LogP contribution in [0.25, 0.3) is 0 Å². The first-order chi connectivity index (χ1) is 4.34. The van der Waals surface area contributed by atoms with E-state index < -0.39 is 0 Å². The molecule has 1 atom stereocenters. The van der Waals surface area contributed by atoms with E-state index >= 15 is 0 Å². The van der Waals surface area contributed by atoms with E-state index in [9.17, 15) is 0 Å². The molecule has 1 heterocycles. The molecule has 0 aromatic carbocycles. The Morgan fingerprint density at radius 1 is 1.89 bits per heavy atom. The fraction of sp³-hybridized carbons (Fsp3) is 0.571. The molecule has 1 rings (SSSR count). The summed E-state index contributed by atoms with van der Waals surface area (Å²) in [5.41, 5.74) is 0. The molecule has 48 valence electrons. The maximum absolute atomic E-state index is 8.42. The molecule has 0 amide bonds. The molecule has 9 heavy (non-hydrogen) atoms. The van der Waals surface area contributed by atoms with Gasteiger partial charge in [-0.25, -0.2) is 0 Å². The topological polar surface area (TPSA) is 33.0 Å². The molecule has 2 heteroatoms. The zero-order valence-electron chi connectivity index (χ0n) is 5.42. The van der Waals surface area contributed by atoms with Gasteiger partial charge in [0, 0.05) is 6.42 Å². The fourth-order valence-corrected chi connectivity index (χ4v) is 0.802. The third-order valence-corrected chi connectivity index (χ3v) is 1.35. The molecular formula is C7H9NO. The molecule has 1 aliphatic heterocycles. The van der Waals surface area contributed by atoms with Crippen molar-refractivity contribution < 1.29 is 4.74 Å². The van der Waals surface area contributed by atoms with Crippen LogP contribution in [-0.4, -0.2) is 6.61 Å². The van der Waals surface area contributed by atoms with Crippen molar-refractivity contribution in [2.24, 2.45) is 5.92 Å². The summed E-state index contributed by atoms with van der Waals surface area (Å²) < 4.78 is 5.14. The first-order valence-corrected chi connectivity index (χ1v) is 3.07. The van der Waals surface area contributed by atoms with Crippen LogP contribution >= 0.6 is 0 Å². The lowest BCUT2D eigenvalue weighted by Crippen LogP contribution is -1.95. The van der Waals surface area contributed by atoms with Crippen LogP contribution < -0.4 is 0 Å². The molecule has 0 fully saturated rings. The lowest BCUT2D eigenvalue weighted by atomic mass is 10.1. The first-order valence-electron chi connectivity index (χ1n) is 3.07. The average molecular weight is 123 g/mol. The average Bonchev–Trinajstić information content (AvgIpc) is 2.37. The van der Waals surface area contributed by atoms with E-state index in [1.807, 2.05) is 13.0 Å². The van der Waals surface area contributed by atoms with Gasteiger partial charge in [0.05, 0.1) is 12.7 Å². The quantitative estimate of drug-likeness (QED) is 0.528. The summed E-state index contributed by atoms with van der Waals surface area (Å²) in [5, 5.41) is 8.42. The van der Waals surface area contributed by atoms with Crippen molar-refractivity contribution in [2.45, 2.75) is 13.3 Å². The third-order valence-electron chi connectivity index (χ3n) is 1.35. The summed E-state index contributed by atoms with van der Waals surface area (Å²) in [6, 6.07) is 2.11. The zero-order chi connectivity index (χ0) is 6.69. The van der Waals surface area contributed by atoms with Gasteiger partial charge < -0.3 is 4.74 Å². The lowest BCUT2D eigenvalue weighted by Gasteiger charge is -2.02. The summed E-state index contributed by atoms with van der Waals surface area (Å²) in [7, 11) is 0. The largest absolute Gasteiger partial charge is 0.497 e. The number of hydrogen-bond donors (Lipinski definition) is 0. The standard InChI is InChI=1S/C7H9NO/c1-6(5-8)7-3-2-4-9-7/h3,6H,2,4H2,1H3. The van der Waals surface area contributed by atoms with Gasteiger partial charge in [-0.05, 0) is 13.0 Å². The number of nitrogens with zero attached hydrogens (tertiary/aromatic N) is 1. The molecule has 0 bridgehead atoms. The summed E-state index contributed by atoms with van der Waals surface area (Å²) in [4.78, 5) is 0. The van der Waals surface area contributed by atoms with E-state index in [2.05, 4.69) is 6.07 Å². The van der Waals surface area contributed by atoms with Crippen LogP contribution in [0.2, 0.25) is 0 Å². The van der Waals surface area contributed by atoms with Crippen molar-refractivity contribution in [1.29, 1.82) is 5.26 Å². The normalized spacial score (nSPS) is 19.8. The fourth-order valence-electron chi connectivity index (χ4n) is 0.802. The first kappa shape index (κ1) is 6.15. The van der Waals surface area contributed by atoms with Gasteiger partial charge in [-0.1, -0.05) is 0 Å². The predicted octanol–water partition coefficient (Wildman–Crippen LogP) is 1.45. The number of ether oxygens (including phenoxy) is 1. The lowest BCUT2D eigenvalue weighted by molar-refractivity contribution is 0.224. The van der Waals surface area contributed by atoms with Gasteiger partial charge in [0.15, 0.2) is 0 Å². The number of nitriles is 1. The number of hydrogen-bond acceptors (Lipinski definition) is 2. The van der Waals surface area contributed by atoms with Crippen molar-refractivity contribution in [1.82, 2.24) is 0 Å². The van der Waals surface area contributed by atoms with Gasteiger partial charge in [-0.15, -0.1) is 0 Å². The second kappa shape index (κ2) is 2.54. The Labute approximate surface area is 54.7 Å². The highest BCUT2D eigenvalue weighted by molar-refractivity contribution is 5.08. The summed E-state index contributed by atoms with van der Waals surface area (Å²) in [5.74, 6) is 0.782. The van der Waals surface area contributed by atoms with Crippen LogP contribution in [0.4, 0.5) is 0 Å². The van der Waals surface area contributed by atoms with Crippen LogP contribution in [0.5, 0.6) is 0 Å². The molecule has 0 radical (unpaired) electrons. The Balaban J connectivity index is 2.53. The van der Waals surface area contributed by atoms with Crippen molar-refractivity contribution in [3.63, 3.8) is 0 Å². The molecule has 2 nitrogen and oxygen atoms in total. The van der Waals surface area contributed by atoms with Crippen LogP contribution in [0, 0.1) is 17.2 Å². The maximum Gasteiger partial charge on any atom is 0.109 e. The maximum atomic E-state index is 8.42. The Kier molecular flexibility index (Phi) is 1.74. The highest BCUT2D eigenvalue weighted by atomic mass is 16.5. The molecule has 0 N–H and O–H groups in total. The summed E-state index contributed by atoms with van der Waals surface area (Å²) in [6.07, 6.45) is 2.94. The minimum atomic E-state index is -0.0625. The van der Waals surface area contributed by atoms with Crippen molar-refractivity contribution in [3.8, 4) is 6.07 Å². The van der Waals surface area contributed by atoms with E-state index in [-0.39, 0.29) is 5.92 Å². The molecule has 0 aliphatic carbocycles. The van der Waals surface area contributed by atoms with E-state index in [4.69, 9.17) is 10.00 Å². The Bertz CT molecular complexity index is 166. The van der Waals surface area contributed by atoms with E-state index in [0.29, 0.717) is 0 Å². The molecular weight excluding hydrogens is 114 g/mol. The Morgan fingerprint density at radius 3 is 3.11 bits per heavy atom. The van der Waals surface area contributed by atoms with Gasteiger partial charge >= 0.3 is 0 Å². The van der Waals surface area contributed by atoms with Crippen LogP contribution in [0.15, 0.2) is 11.8 Å². The number of allylic oxidation sites excluding steroid dienone is 1. The Hall–Kier alpha value is -0.970. The van der Waals surface area contributed by atoms with Crippen LogP contribution in [0.1, 0.15) is 13.3 Å². The van der Waals surface area contributed by atoms with Crippen LogP contribution in [0.3, 0.4) is 0 Å². The third kappa shape index (κ3) is 1.23. The molecule has 1 aliphatic rings. The molecule has 0 aromatic rings.